The maximum atomic E-state index is 12.3. The summed E-state index contributed by atoms with van der Waals surface area (Å²) < 4.78 is 27.3. The average molecular weight is 285 g/mol. The number of hydrogen-bond donors (Lipinski definition) is 2. The minimum Gasteiger partial charge on any atom is -0.369 e. The summed E-state index contributed by atoms with van der Waals surface area (Å²) in [5.41, 5.74) is -0.0619. The molecule has 0 aromatic carbocycles. The summed E-state index contributed by atoms with van der Waals surface area (Å²) in [6.07, 6.45) is 2.48. The second-order valence-electron chi connectivity index (χ2n) is 5.22. The van der Waals surface area contributed by atoms with Crippen LogP contribution >= 0.6 is 0 Å². The Bertz CT molecular complexity index is 512. The number of sulfonamides is 1. The van der Waals surface area contributed by atoms with E-state index >= 15 is 0 Å². The highest BCUT2D eigenvalue weighted by Crippen LogP contribution is 2.21. The summed E-state index contributed by atoms with van der Waals surface area (Å²) >= 11 is 0. The van der Waals surface area contributed by atoms with Gasteiger partial charge in [0.05, 0.1) is 0 Å². The maximum absolute atomic E-state index is 12.3. The molecule has 0 fully saturated rings. The van der Waals surface area contributed by atoms with E-state index in [1.807, 2.05) is 27.7 Å². The number of nitrogens with zero attached hydrogens (tertiary/aromatic N) is 1. The van der Waals surface area contributed by atoms with Crippen molar-refractivity contribution in [2.24, 2.45) is 5.41 Å². The van der Waals surface area contributed by atoms with Gasteiger partial charge >= 0.3 is 0 Å². The monoisotopic (exact) mass is 285 g/mol. The summed E-state index contributed by atoms with van der Waals surface area (Å²) in [5, 5.41) is 2.96. The van der Waals surface area contributed by atoms with E-state index in [1.165, 1.54) is 0 Å². The lowest BCUT2D eigenvalue weighted by Crippen LogP contribution is -2.34. The van der Waals surface area contributed by atoms with Crippen molar-refractivity contribution < 1.29 is 8.42 Å². The highest BCUT2D eigenvalue weighted by Gasteiger charge is 2.23. The van der Waals surface area contributed by atoms with Crippen molar-refractivity contribution in [3.05, 3.63) is 18.3 Å². The Kier molecular flexibility index (Phi) is 5.31. The summed E-state index contributed by atoms with van der Waals surface area (Å²) in [6, 6.07) is 3.19. The topological polar surface area (TPSA) is 71.1 Å². The molecule has 108 valence electrons. The van der Waals surface area contributed by atoms with Gasteiger partial charge in [0.25, 0.3) is 0 Å². The molecule has 0 aliphatic carbocycles. The summed E-state index contributed by atoms with van der Waals surface area (Å²) in [4.78, 5) is 4.27. The fourth-order valence-electron chi connectivity index (χ4n) is 1.40. The van der Waals surface area contributed by atoms with Crippen LogP contribution in [-0.4, -0.2) is 26.5 Å². The van der Waals surface area contributed by atoms with E-state index in [1.54, 1.807) is 18.3 Å². The lowest BCUT2D eigenvalue weighted by molar-refractivity contribution is 0.350. The third kappa shape index (κ3) is 4.47. The molecule has 0 saturated heterocycles. The second-order valence-corrected chi connectivity index (χ2v) is 6.96. The van der Waals surface area contributed by atoms with Crippen molar-refractivity contribution in [1.29, 1.82) is 0 Å². The van der Waals surface area contributed by atoms with Gasteiger partial charge in [0, 0.05) is 19.3 Å². The highest BCUT2D eigenvalue weighted by atomic mass is 32.2. The molecule has 1 aromatic heterocycles. The largest absolute Gasteiger partial charge is 0.369 e. The molecular formula is C13H23N3O2S. The number of anilines is 1. The van der Waals surface area contributed by atoms with Gasteiger partial charge in [-0.05, 0) is 30.9 Å². The third-order valence-corrected chi connectivity index (χ3v) is 4.54. The van der Waals surface area contributed by atoms with E-state index in [9.17, 15) is 8.42 Å². The number of nitrogens with one attached hydrogen (secondary N) is 2. The van der Waals surface area contributed by atoms with Crippen LogP contribution in [0.5, 0.6) is 0 Å². The molecule has 6 heteroatoms. The molecule has 0 radical (unpaired) electrons. The van der Waals surface area contributed by atoms with Gasteiger partial charge in [0.1, 0.15) is 10.7 Å². The first-order chi connectivity index (χ1) is 8.82. The highest BCUT2D eigenvalue weighted by molar-refractivity contribution is 7.89. The number of aromatic nitrogens is 1. The van der Waals surface area contributed by atoms with Gasteiger partial charge in [0.2, 0.25) is 10.0 Å². The predicted octanol–water partition coefficient (Wildman–Crippen LogP) is 2.23. The van der Waals surface area contributed by atoms with Crippen LogP contribution in [-0.2, 0) is 10.0 Å². The fourth-order valence-corrected chi connectivity index (χ4v) is 2.77. The predicted molar refractivity (Wildman–Crippen MR) is 77.7 cm³/mol. The molecule has 19 heavy (non-hydrogen) atoms. The summed E-state index contributed by atoms with van der Waals surface area (Å²) in [6.45, 7) is 9.04. The Balaban J connectivity index is 2.95. The molecule has 1 aromatic rings. The normalized spacial score (nSPS) is 12.4. The Labute approximate surface area is 115 Å². The van der Waals surface area contributed by atoms with Gasteiger partial charge in [-0.2, -0.15) is 0 Å². The summed E-state index contributed by atoms with van der Waals surface area (Å²) in [5.74, 6) is 0.395. The van der Waals surface area contributed by atoms with Crippen LogP contribution in [0.25, 0.3) is 0 Å². The van der Waals surface area contributed by atoms with Crippen molar-refractivity contribution in [3.8, 4) is 0 Å². The molecule has 0 bridgehead atoms. The van der Waals surface area contributed by atoms with Crippen LogP contribution < -0.4 is 10.0 Å². The Morgan fingerprint density at radius 2 is 2.00 bits per heavy atom. The van der Waals surface area contributed by atoms with Gasteiger partial charge < -0.3 is 5.32 Å². The van der Waals surface area contributed by atoms with Gasteiger partial charge in [0.15, 0.2) is 0 Å². The molecule has 1 rings (SSSR count). The standard InChI is InChI=1S/C13H23N3O2S/c1-5-13(3,4)10-16-19(17,18)11-8-7-9-15-12(11)14-6-2/h7-9,16H,5-6,10H2,1-4H3,(H,14,15). The molecule has 0 amide bonds. The lowest BCUT2D eigenvalue weighted by Gasteiger charge is -2.23. The Hall–Kier alpha value is -1.14. The van der Waals surface area contributed by atoms with Crippen molar-refractivity contribution in [1.82, 2.24) is 9.71 Å². The first-order valence-corrected chi connectivity index (χ1v) is 7.99. The van der Waals surface area contributed by atoms with Crippen LogP contribution in [0.15, 0.2) is 23.2 Å². The molecule has 2 N–H and O–H groups in total. The van der Waals surface area contributed by atoms with Crippen LogP contribution in [0, 0.1) is 5.41 Å². The van der Waals surface area contributed by atoms with E-state index < -0.39 is 10.0 Å². The van der Waals surface area contributed by atoms with Crippen molar-refractivity contribution in [3.63, 3.8) is 0 Å². The van der Waals surface area contributed by atoms with Gasteiger partial charge in [-0.1, -0.05) is 20.8 Å². The third-order valence-electron chi connectivity index (χ3n) is 3.10. The molecule has 0 unspecified atom stereocenters. The van der Waals surface area contributed by atoms with Gasteiger partial charge in [-0.15, -0.1) is 0 Å². The molecular weight excluding hydrogens is 262 g/mol. The van der Waals surface area contributed by atoms with E-state index in [-0.39, 0.29) is 10.3 Å². The van der Waals surface area contributed by atoms with Crippen LogP contribution in [0.3, 0.4) is 0 Å². The first kappa shape index (κ1) is 15.9. The zero-order valence-corrected chi connectivity index (χ0v) is 12.8. The van der Waals surface area contributed by atoms with Gasteiger partial charge in [-0.3, -0.25) is 0 Å². The van der Waals surface area contributed by atoms with Gasteiger partial charge in [-0.25, -0.2) is 18.1 Å². The van der Waals surface area contributed by atoms with Crippen molar-refractivity contribution in [2.75, 3.05) is 18.4 Å². The van der Waals surface area contributed by atoms with Crippen LogP contribution in [0.1, 0.15) is 34.1 Å². The first-order valence-electron chi connectivity index (χ1n) is 6.51. The zero-order chi connectivity index (χ0) is 14.5. The molecule has 0 spiro atoms. The maximum Gasteiger partial charge on any atom is 0.244 e. The minimum absolute atomic E-state index is 0.0619. The average Bonchev–Trinajstić information content (AvgIpc) is 2.38. The molecule has 5 nitrogen and oxygen atoms in total. The van der Waals surface area contributed by atoms with Crippen LogP contribution in [0.4, 0.5) is 5.82 Å². The fraction of sp³-hybridized carbons (Fsp3) is 0.615. The smallest absolute Gasteiger partial charge is 0.244 e. The molecule has 1 heterocycles. The zero-order valence-electron chi connectivity index (χ0n) is 12.0. The lowest BCUT2D eigenvalue weighted by atomic mass is 9.91. The Morgan fingerprint density at radius 1 is 1.32 bits per heavy atom. The molecule has 0 atom stereocenters. The number of rotatable bonds is 7. The quantitative estimate of drug-likeness (QED) is 0.806. The minimum atomic E-state index is -3.53. The van der Waals surface area contributed by atoms with E-state index in [0.717, 1.165) is 6.42 Å². The van der Waals surface area contributed by atoms with E-state index in [2.05, 4.69) is 15.0 Å². The molecule has 0 aliphatic heterocycles. The van der Waals surface area contributed by atoms with Crippen molar-refractivity contribution in [2.45, 2.75) is 39.0 Å². The molecule has 0 saturated carbocycles. The SMILES string of the molecule is CCNc1ncccc1S(=O)(=O)NCC(C)(C)CC. The summed E-state index contributed by atoms with van der Waals surface area (Å²) in [7, 11) is -3.53. The van der Waals surface area contributed by atoms with Crippen LogP contribution in [0.2, 0.25) is 0 Å². The number of hydrogen-bond acceptors (Lipinski definition) is 4. The van der Waals surface area contributed by atoms with Crippen molar-refractivity contribution >= 4 is 15.8 Å². The van der Waals surface area contributed by atoms with E-state index in [4.69, 9.17) is 0 Å². The molecule has 0 aliphatic rings. The number of pyridine rings is 1. The Morgan fingerprint density at radius 3 is 2.58 bits per heavy atom. The second kappa shape index (κ2) is 6.34. The van der Waals surface area contributed by atoms with E-state index in [0.29, 0.717) is 18.9 Å².